The topological polar surface area (TPSA) is 61.3 Å². The minimum atomic E-state index is -4.40. The van der Waals surface area contributed by atoms with E-state index in [4.69, 9.17) is 5.11 Å². The molecule has 0 spiro atoms. The van der Waals surface area contributed by atoms with Crippen molar-refractivity contribution in [1.82, 2.24) is 9.97 Å². The van der Waals surface area contributed by atoms with Gasteiger partial charge in [-0.25, -0.2) is 9.97 Å². The first-order valence-electron chi connectivity index (χ1n) is 10.2. The summed E-state index contributed by atoms with van der Waals surface area (Å²) in [5.41, 5.74) is 1.66. The van der Waals surface area contributed by atoms with Crippen LogP contribution in [0.3, 0.4) is 0 Å². The summed E-state index contributed by atoms with van der Waals surface area (Å²) in [5, 5.41) is 12.1. The van der Waals surface area contributed by atoms with Gasteiger partial charge in [-0.05, 0) is 41.7 Å². The van der Waals surface area contributed by atoms with Gasteiger partial charge in [0.25, 0.3) is 0 Å². The van der Waals surface area contributed by atoms with Gasteiger partial charge in [-0.3, -0.25) is 0 Å². The van der Waals surface area contributed by atoms with Crippen molar-refractivity contribution in [2.75, 3.05) is 16.8 Å². The minimum absolute atomic E-state index is 0.0481. The summed E-state index contributed by atoms with van der Waals surface area (Å²) in [6, 6.07) is 12.0. The van der Waals surface area contributed by atoms with Crippen molar-refractivity contribution in [2.24, 2.45) is 0 Å². The summed E-state index contributed by atoms with van der Waals surface area (Å²) in [5.74, 6) is -0.418. The second kappa shape index (κ2) is 9.12. The number of nitrogens with one attached hydrogen (secondary N) is 1. The molecule has 1 aromatic heterocycles. The molecule has 4 rings (SSSR count). The summed E-state index contributed by atoms with van der Waals surface area (Å²) in [6.07, 6.45) is -1.66. The lowest BCUT2D eigenvalue weighted by Crippen LogP contribution is -2.25. The molecule has 0 saturated carbocycles. The molecule has 0 aliphatic carbocycles. The van der Waals surface area contributed by atoms with E-state index in [0.29, 0.717) is 25.1 Å². The Morgan fingerprint density at radius 3 is 2.34 bits per heavy atom. The molecule has 1 saturated heterocycles. The Morgan fingerprint density at radius 1 is 1.00 bits per heavy atom. The molecule has 2 heterocycles. The summed E-state index contributed by atoms with van der Waals surface area (Å²) >= 11 is 0. The summed E-state index contributed by atoms with van der Waals surface area (Å²) in [4.78, 5) is 9.91. The Morgan fingerprint density at radius 2 is 1.69 bits per heavy atom. The normalized spacial score (nSPS) is 16.4. The van der Waals surface area contributed by atoms with E-state index in [1.807, 2.05) is 12.1 Å². The number of anilines is 2. The Balaban J connectivity index is 1.52. The first-order chi connectivity index (χ1) is 15.4. The molecule has 0 radical (unpaired) electrons. The highest BCUT2D eigenvalue weighted by molar-refractivity contribution is 5.53. The summed E-state index contributed by atoms with van der Waals surface area (Å²) < 4.78 is 53.9. The van der Waals surface area contributed by atoms with E-state index >= 15 is 4.39 Å². The number of aliphatic hydroxyl groups is 1. The molecule has 2 aromatic carbocycles. The van der Waals surface area contributed by atoms with E-state index < -0.39 is 17.6 Å². The molecule has 9 heteroatoms. The van der Waals surface area contributed by atoms with Crippen molar-refractivity contribution in [1.29, 1.82) is 0 Å². The summed E-state index contributed by atoms with van der Waals surface area (Å²) in [6.45, 7) is 0.830. The van der Waals surface area contributed by atoms with Crippen LogP contribution in [0, 0.1) is 5.82 Å². The monoisotopic (exact) mass is 446 g/mol. The minimum Gasteiger partial charge on any atom is -0.392 e. The van der Waals surface area contributed by atoms with Crippen LogP contribution in [0.5, 0.6) is 0 Å². The largest absolute Gasteiger partial charge is 0.416 e. The lowest BCUT2D eigenvalue weighted by molar-refractivity contribution is -0.137. The van der Waals surface area contributed by atoms with Crippen LogP contribution in [0.25, 0.3) is 0 Å². The maximum atomic E-state index is 15.2. The third-order valence-electron chi connectivity index (χ3n) is 5.58. The Kier molecular flexibility index (Phi) is 6.27. The second-order valence-corrected chi connectivity index (χ2v) is 7.66. The van der Waals surface area contributed by atoms with Crippen molar-refractivity contribution in [3.8, 4) is 0 Å². The fourth-order valence-electron chi connectivity index (χ4n) is 3.89. The number of hydrogen-bond donors (Lipinski definition) is 2. The number of alkyl halides is 3. The van der Waals surface area contributed by atoms with E-state index in [0.717, 1.165) is 29.7 Å². The average molecular weight is 446 g/mol. The maximum absolute atomic E-state index is 15.2. The Hall–Kier alpha value is -3.20. The van der Waals surface area contributed by atoms with Crippen LogP contribution in [0.4, 0.5) is 29.2 Å². The zero-order valence-electron chi connectivity index (χ0n) is 17.1. The lowest BCUT2D eigenvalue weighted by Gasteiger charge is -2.27. The molecule has 1 aliphatic rings. The van der Waals surface area contributed by atoms with Gasteiger partial charge in [0.1, 0.15) is 6.33 Å². The fraction of sp³-hybridized carbons (Fsp3) is 0.304. The number of benzene rings is 2. The molecule has 0 bridgehead atoms. The van der Waals surface area contributed by atoms with Gasteiger partial charge in [-0.1, -0.05) is 36.4 Å². The van der Waals surface area contributed by atoms with Gasteiger partial charge in [0.2, 0.25) is 5.82 Å². The van der Waals surface area contributed by atoms with E-state index in [2.05, 4.69) is 15.3 Å². The van der Waals surface area contributed by atoms with Crippen LogP contribution < -0.4 is 10.2 Å². The van der Waals surface area contributed by atoms with Crippen LogP contribution in [-0.4, -0.2) is 21.6 Å². The molecule has 1 atom stereocenters. The third-order valence-corrected chi connectivity index (χ3v) is 5.58. The van der Waals surface area contributed by atoms with E-state index in [1.165, 1.54) is 18.5 Å². The molecule has 0 amide bonds. The van der Waals surface area contributed by atoms with Crippen LogP contribution in [-0.2, 0) is 19.3 Å². The van der Waals surface area contributed by atoms with E-state index in [-0.39, 0.29) is 24.3 Å². The Bertz CT molecular complexity index is 1060. The van der Waals surface area contributed by atoms with Gasteiger partial charge in [0.15, 0.2) is 11.6 Å². The number of rotatable bonds is 6. The Labute approximate surface area is 182 Å². The highest BCUT2D eigenvalue weighted by atomic mass is 19.4. The number of halogens is 4. The van der Waals surface area contributed by atoms with Gasteiger partial charge in [0, 0.05) is 13.1 Å². The van der Waals surface area contributed by atoms with Crippen LogP contribution >= 0.6 is 0 Å². The molecule has 5 nitrogen and oxygen atoms in total. The standard InChI is InChI=1S/C23H22F4N4O/c24-20-21(28-12-15-3-5-16(13-32)6-4-15)29-14-30-22(20)31-11-1-2-19(31)17-7-9-18(10-8-17)23(25,26)27/h3-10,14,19,32H,1-2,11-13H2,(H,28,29,30). The number of nitrogens with zero attached hydrogens (tertiary/aromatic N) is 3. The van der Waals surface area contributed by atoms with Gasteiger partial charge < -0.3 is 15.3 Å². The number of hydrogen-bond acceptors (Lipinski definition) is 5. The van der Waals surface area contributed by atoms with Gasteiger partial charge >= 0.3 is 6.18 Å². The molecule has 1 fully saturated rings. The number of aliphatic hydroxyl groups excluding tert-OH is 1. The predicted molar refractivity (Wildman–Crippen MR) is 112 cm³/mol. The SMILES string of the molecule is OCc1ccc(CNc2ncnc(N3CCCC3c3ccc(C(F)(F)F)cc3)c2F)cc1. The zero-order valence-corrected chi connectivity index (χ0v) is 17.1. The van der Waals surface area contributed by atoms with E-state index in [1.54, 1.807) is 17.0 Å². The molecular weight excluding hydrogens is 424 g/mol. The number of aromatic nitrogens is 2. The highest BCUT2D eigenvalue weighted by Gasteiger charge is 2.33. The zero-order chi connectivity index (χ0) is 22.7. The van der Waals surface area contributed by atoms with Crippen LogP contribution in [0.15, 0.2) is 54.9 Å². The molecule has 1 aliphatic heterocycles. The molecule has 1 unspecified atom stereocenters. The maximum Gasteiger partial charge on any atom is 0.416 e. The van der Waals surface area contributed by atoms with Crippen molar-refractivity contribution in [3.05, 3.63) is 82.9 Å². The molecule has 3 aromatic rings. The quantitative estimate of drug-likeness (QED) is 0.517. The van der Waals surface area contributed by atoms with Crippen molar-refractivity contribution >= 4 is 11.6 Å². The average Bonchev–Trinajstić information content (AvgIpc) is 3.28. The molecular formula is C23H22F4N4O. The predicted octanol–water partition coefficient (Wildman–Crippen LogP) is 5.08. The van der Waals surface area contributed by atoms with Gasteiger partial charge in [-0.15, -0.1) is 0 Å². The van der Waals surface area contributed by atoms with Crippen molar-refractivity contribution < 1.29 is 22.7 Å². The van der Waals surface area contributed by atoms with Crippen molar-refractivity contribution in [2.45, 2.75) is 38.2 Å². The first kappa shape index (κ1) is 22.0. The first-order valence-corrected chi connectivity index (χ1v) is 10.2. The molecule has 2 N–H and O–H groups in total. The second-order valence-electron chi connectivity index (χ2n) is 7.66. The third kappa shape index (κ3) is 4.67. The van der Waals surface area contributed by atoms with Crippen molar-refractivity contribution in [3.63, 3.8) is 0 Å². The molecule has 32 heavy (non-hydrogen) atoms. The summed E-state index contributed by atoms with van der Waals surface area (Å²) in [7, 11) is 0. The molecule has 168 valence electrons. The smallest absolute Gasteiger partial charge is 0.392 e. The van der Waals surface area contributed by atoms with Gasteiger partial charge in [-0.2, -0.15) is 17.6 Å². The van der Waals surface area contributed by atoms with Crippen LogP contribution in [0.1, 0.15) is 41.1 Å². The van der Waals surface area contributed by atoms with Gasteiger partial charge in [0.05, 0.1) is 18.2 Å². The fourth-order valence-corrected chi connectivity index (χ4v) is 3.89. The van der Waals surface area contributed by atoms with E-state index in [9.17, 15) is 13.2 Å². The van der Waals surface area contributed by atoms with Crippen LogP contribution in [0.2, 0.25) is 0 Å². The lowest BCUT2D eigenvalue weighted by atomic mass is 10.0. The highest BCUT2D eigenvalue weighted by Crippen LogP contribution is 2.38.